The highest BCUT2D eigenvalue weighted by Crippen LogP contribution is 2.21. The predicted molar refractivity (Wildman–Crippen MR) is 112 cm³/mol. The molecule has 1 heterocycles. The number of rotatable bonds is 6. The lowest BCUT2D eigenvalue weighted by molar-refractivity contribution is -0.126. The van der Waals surface area contributed by atoms with E-state index in [1.165, 1.54) is 9.71 Å². The lowest BCUT2D eigenvalue weighted by Crippen LogP contribution is -2.42. The maximum atomic E-state index is 12.5. The molecular formula is C22H23N3O3S. The first-order chi connectivity index (χ1) is 14.0. The van der Waals surface area contributed by atoms with E-state index in [0.717, 1.165) is 11.1 Å². The Kier molecular flexibility index (Phi) is 6.81. The molecule has 2 aromatic carbocycles. The van der Waals surface area contributed by atoms with Gasteiger partial charge in [-0.3, -0.25) is 4.79 Å². The zero-order chi connectivity index (χ0) is 20.7. The molecule has 0 saturated carbocycles. The van der Waals surface area contributed by atoms with Gasteiger partial charge in [0, 0.05) is 31.0 Å². The summed E-state index contributed by atoms with van der Waals surface area (Å²) in [5.74, 6) is -0.330. The summed E-state index contributed by atoms with van der Waals surface area (Å²) in [5.41, 5.74) is 2.14. The van der Waals surface area contributed by atoms with Gasteiger partial charge < -0.3 is 5.32 Å². The summed E-state index contributed by atoms with van der Waals surface area (Å²) in [6, 6.07) is 18.5. The second-order valence-electron chi connectivity index (χ2n) is 6.92. The van der Waals surface area contributed by atoms with Crippen LogP contribution in [0.5, 0.6) is 0 Å². The summed E-state index contributed by atoms with van der Waals surface area (Å²) in [4.78, 5) is 12.5. The van der Waals surface area contributed by atoms with Crippen molar-refractivity contribution in [3.05, 3.63) is 76.7 Å². The Labute approximate surface area is 171 Å². The van der Waals surface area contributed by atoms with Gasteiger partial charge in [-0.15, -0.1) is 0 Å². The zero-order valence-corrected chi connectivity index (χ0v) is 16.8. The molecule has 0 spiro atoms. The fraction of sp³-hybridized carbons (Fsp3) is 0.273. The van der Waals surface area contributed by atoms with E-state index in [2.05, 4.69) is 11.4 Å². The van der Waals surface area contributed by atoms with Crippen molar-refractivity contribution in [3.8, 4) is 6.07 Å². The summed E-state index contributed by atoms with van der Waals surface area (Å²) in [7, 11) is -3.51. The number of amides is 1. The number of benzene rings is 2. The molecule has 29 heavy (non-hydrogen) atoms. The summed E-state index contributed by atoms with van der Waals surface area (Å²) >= 11 is 0. The Hall–Kier alpha value is -2.95. The summed E-state index contributed by atoms with van der Waals surface area (Å²) < 4.78 is 26.5. The van der Waals surface area contributed by atoms with Crippen LogP contribution in [-0.4, -0.2) is 31.7 Å². The second-order valence-corrected chi connectivity index (χ2v) is 8.74. The van der Waals surface area contributed by atoms with E-state index in [9.17, 15) is 13.2 Å². The molecule has 1 amide bonds. The van der Waals surface area contributed by atoms with Gasteiger partial charge in [-0.25, -0.2) is 8.42 Å². The van der Waals surface area contributed by atoms with Gasteiger partial charge in [-0.1, -0.05) is 48.5 Å². The molecule has 0 aromatic heterocycles. The molecule has 6 nitrogen and oxygen atoms in total. The van der Waals surface area contributed by atoms with Crippen LogP contribution in [0.1, 0.15) is 29.5 Å². The predicted octanol–water partition coefficient (Wildman–Crippen LogP) is 2.89. The Bertz CT molecular complexity index is 1020. The molecule has 150 valence electrons. The smallest absolute Gasteiger partial charge is 0.236 e. The average molecular weight is 410 g/mol. The van der Waals surface area contributed by atoms with Gasteiger partial charge in [-0.05, 0) is 36.1 Å². The van der Waals surface area contributed by atoms with Gasteiger partial charge in [0.2, 0.25) is 15.9 Å². The van der Waals surface area contributed by atoms with Crippen molar-refractivity contribution < 1.29 is 13.2 Å². The minimum Gasteiger partial charge on any atom is -0.352 e. The molecule has 0 radical (unpaired) electrons. The minimum absolute atomic E-state index is 0.102. The van der Waals surface area contributed by atoms with E-state index in [1.54, 1.807) is 18.2 Å². The van der Waals surface area contributed by atoms with Gasteiger partial charge >= 0.3 is 0 Å². The third-order valence-corrected chi connectivity index (χ3v) is 6.57. The van der Waals surface area contributed by atoms with Crippen LogP contribution >= 0.6 is 0 Å². The number of nitriles is 1. The van der Waals surface area contributed by atoms with Crippen molar-refractivity contribution >= 4 is 22.0 Å². The number of hydrogen-bond acceptors (Lipinski definition) is 4. The van der Waals surface area contributed by atoms with Crippen molar-refractivity contribution in [2.45, 2.75) is 19.4 Å². The van der Waals surface area contributed by atoms with Gasteiger partial charge in [-0.2, -0.15) is 9.57 Å². The lowest BCUT2D eigenvalue weighted by Gasteiger charge is -2.29. The van der Waals surface area contributed by atoms with Gasteiger partial charge in [0.15, 0.2) is 0 Å². The standard InChI is InChI=1S/C22H23N3O3S/c23-16-20-8-4-5-9-21(20)17-24-22(26)19-10-13-25(14-11-19)29(27,28)15-12-18-6-2-1-3-7-18/h1-9,12,15,19H,10-11,13-14,17H2,(H,24,26)/b15-12+. The van der Waals surface area contributed by atoms with E-state index < -0.39 is 10.0 Å². The van der Waals surface area contributed by atoms with Crippen LogP contribution in [0.2, 0.25) is 0 Å². The van der Waals surface area contributed by atoms with Crippen molar-refractivity contribution in [2.24, 2.45) is 5.92 Å². The van der Waals surface area contributed by atoms with Crippen LogP contribution < -0.4 is 5.32 Å². The number of carbonyl (C=O) groups excluding carboxylic acids is 1. The van der Waals surface area contributed by atoms with Gasteiger partial charge in [0.25, 0.3) is 0 Å². The maximum absolute atomic E-state index is 12.5. The van der Waals surface area contributed by atoms with E-state index in [-0.39, 0.29) is 11.8 Å². The van der Waals surface area contributed by atoms with Crippen LogP contribution in [0.3, 0.4) is 0 Å². The highest BCUT2D eigenvalue weighted by Gasteiger charge is 2.29. The number of carbonyl (C=O) groups is 1. The SMILES string of the molecule is N#Cc1ccccc1CNC(=O)C1CCN(S(=O)(=O)/C=C/c2ccccc2)CC1. The first-order valence-corrected chi connectivity index (χ1v) is 11.0. The van der Waals surface area contributed by atoms with Crippen molar-refractivity contribution in [1.29, 1.82) is 5.26 Å². The first kappa shape index (κ1) is 20.8. The third-order valence-electron chi connectivity index (χ3n) is 5.01. The van der Waals surface area contributed by atoms with Crippen LogP contribution in [0, 0.1) is 17.2 Å². The maximum Gasteiger partial charge on any atom is 0.236 e. The van der Waals surface area contributed by atoms with Crippen LogP contribution in [-0.2, 0) is 21.4 Å². The van der Waals surface area contributed by atoms with Crippen molar-refractivity contribution in [1.82, 2.24) is 9.62 Å². The second kappa shape index (κ2) is 9.50. The van der Waals surface area contributed by atoms with E-state index >= 15 is 0 Å². The molecular weight excluding hydrogens is 386 g/mol. The monoisotopic (exact) mass is 409 g/mol. The fourth-order valence-corrected chi connectivity index (χ4v) is 4.52. The lowest BCUT2D eigenvalue weighted by atomic mass is 9.97. The highest BCUT2D eigenvalue weighted by molar-refractivity contribution is 7.92. The number of sulfonamides is 1. The Morgan fingerprint density at radius 1 is 1.10 bits per heavy atom. The number of nitrogens with zero attached hydrogens (tertiary/aromatic N) is 2. The zero-order valence-electron chi connectivity index (χ0n) is 16.0. The molecule has 1 fully saturated rings. The average Bonchev–Trinajstić information content (AvgIpc) is 2.77. The number of nitrogens with one attached hydrogen (secondary N) is 1. The molecule has 2 aromatic rings. The Balaban J connectivity index is 1.52. The molecule has 1 aliphatic rings. The normalized spacial score (nSPS) is 15.8. The Morgan fingerprint density at radius 3 is 2.45 bits per heavy atom. The van der Waals surface area contributed by atoms with E-state index in [0.29, 0.717) is 38.0 Å². The summed E-state index contributed by atoms with van der Waals surface area (Å²) in [6.45, 7) is 0.920. The number of piperidine rings is 1. The van der Waals surface area contributed by atoms with Gasteiger partial charge in [0.05, 0.1) is 11.6 Å². The summed E-state index contributed by atoms with van der Waals surface area (Å²) in [5, 5.41) is 13.2. The van der Waals surface area contributed by atoms with Crippen molar-refractivity contribution in [2.75, 3.05) is 13.1 Å². The summed E-state index contributed by atoms with van der Waals surface area (Å²) in [6.07, 6.45) is 2.54. The van der Waals surface area contributed by atoms with E-state index in [4.69, 9.17) is 5.26 Å². The largest absolute Gasteiger partial charge is 0.352 e. The molecule has 1 aliphatic heterocycles. The Morgan fingerprint density at radius 2 is 1.76 bits per heavy atom. The van der Waals surface area contributed by atoms with E-state index in [1.807, 2.05) is 42.5 Å². The van der Waals surface area contributed by atoms with Crippen LogP contribution in [0.15, 0.2) is 60.0 Å². The molecule has 1 saturated heterocycles. The quantitative estimate of drug-likeness (QED) is 0.794. The van der Waals surface area contributed by atoms with Crippen LogP contribution in [0.25, 0.3) is 6.08 Å². The molecule has 1 N–H and O–H groups in total. The van der Waals surface area contributed by atoms with Gasteiger partial charge in [0.1, 0.15) is 0 Å². The van der Waals surface area contributed by atoms with Crippen LogP contribution in [0.4, 0.5) is 0 Å². The minimum atomic E-state index is -3.51. The highest BCUT2D eigenvalue weighted by atomic mass is 32.2. The third kappa shape index (κ3) is 5.53. The number of hydrogen-bond donors (Lipinski definition) is 1. The van der Waals surface area contributed by atoms with Crippen molar-refractivity contribution in [3.63, 3.8) is 0 Å². The molecule has 3 rings (SSSR count). The molecule has 0 bridgehead atoms. The molecule has 0 unspecified atom stereocenters. The molecule has 0 aliphatic carbocycles. The molecule has 0 atom stereocenters. The molecule has 7 heteroatoms. The first-order valence-electron chi connectivity index (χ1n) is 9.48. The fourth-order valence-electron chi connectivity index (χ4n) is 3.30. The topological polar surface area (TPSA) is 90.3 Å².